The maximum absolute atomic E-state index is 10.5. The topological polar surface area (TPSA) is 77.3 Å². The lowest BCUT2D eigenvalue weighted by Gasteiger charge is -2.33. The Labute approximate surface area is 103 Å². The molecule has 7 heteroatoms. The predicted molar refractivity (Wildman–Crippen MR) is 65.4 cm³/mol. The molecule has 2 heterocycles. The molecule has 0 spiro atoms. The van der Waals surface area contributed by atoms with E-state index in [0.717, 1.165) is 43.9 Å². The smallest absolute Gasteiger partial charge is 0.345 e. The maximum Gasteiger partial charge on any atom is 0.345 e. The average Bonchev–Trinajstić information content (AvgIpc) is 2.76. The number of anilines is 1. The van der Waals surface area contributed by atoms with Crippen LogP contribution in [-0.4, -0.2) is 29.7 Å². The summed E-state index contributed by atoms with van der Waals surface area (Å²) in [6, 6.07) is 0. The number of nitro groups is 1. The van der Waals surface area contributed by atoms with Crippen LogP contribution in [-0.2, 0) is 4.74 Å². The number of hydrogen-bond donors (Lipinski definition) is 1. The van der Waals surface area contributed by atoms with Crippen molar-refractivity contribution in [3.05, 3.63) is 16.3 Å². The van der Waals surface area contributed by atoms with Gasteiger partial charge in [-0.25, -0.2) is 4.98 Å². The quantitative estimate of drug-likeness (QED) is 0.661. The van der Waals surface area contributed by atoms with Crippen molar-refractivity contribution in [1.29, 1.82) is 0 Å². The molecule has 94 valence electrons. The molecule has 2 rings (SSSR count). The van der Waals surface area contributed by atoms with E-state index in [-0.39, 0.29) is 10.4 Å². The van der Waals surface area contributed by atoms with Crippen LogP contribution in [0.3, 0.4) is 0 Å². The summed E-state index contributed by atoms with van der Waals surface area (Å²) in [6.07, 6.45) is 3.31. The van der Waals surface area contributed by atoms with Gasteiger partial charge in [-0.1, -0.05) is 6.92 Å². The van der Waals surface area contributed by atoms with Crippen LogP contribution in [0.25, 0.3) is 0 Å². The van der Waals surface area contributed by atoms with Gasteiger partial charge in [0.15, 0.2) is 5.13 Å². The van der Waals surface area contributed by atoms with Gasteiger partial charge in [0.05, 0.1) is 4.92 Å². The van der Waals surface area contributed by atoms with Crippen molar-refractivity contribution in [2.24, 2.45) is 5.41 Å². The third-order valence-electron chi connectivity index (χ3n) is 3.04. The molecule has 17 heavy (non-hydrogen) atoms. The van der Waals surface area contributed by atoms with Crippen LogP contribution in [0, 0.1) is 15.5 Å². The number of rotatable bonds is 4. The lowest BCUT2D eigenvalue weighted by Crippen LogP contribution is -2.33. The summed E-state index contributed by atoms with van der Waals surface area (Å²) in [4.78, 5) is 14.1. The van der Waals surface area contributed by atoms with Gasteiger partial charge in [0.25, 0.3) is 0 Å². The van der Waals surface area contributed by atoms with Crippen molar-refractivity contribution in [2.75, 3.05) is 25.1 Å². The van der Waals surface area contributed by atoms with Gasteiger partial charge in [0, 0.05) is 19.8 Å². The Morgan fingerprint density at radius 2 is 2.35 bits per heavy atom. The first kappa shape index (κ1) is 12.3. The molecule has 0 radical (unpaired) electrons. The summed E-state index contributed by atoms with van der Waals surface area (Å²) in [5.74, 6) is 0. The first-order valence-corrected chi connectivity index (χ1v) is 6.33. The lowest BCUT2D eigenvalue weighted by molar-refractivity contribution is -0.380. The molecule has 0 atom stereocenters. The fourth-order valence-electron chi connectivity index (χ4n) is 1.76. The van der Waals surface area contributed by atoms with Crippen molar-refractivity contribution < 1.29 is 9.66 Å². The normalized spacial score (nSPS) is 18.9. The Morgan fingerprint density at radius 1 is 1.65 bits per heavy atom. The number of ether oxygens (including phenoxy) is 1. The van der Waals surface area contributed by atoms with E-state index in [1.807, 2.05) is 0 Å². The Bertz CT molecular complexity index is 401. The zero-order valence-corrected chi connectivity index (χ0v) is 10.5. The minimum atomic E-state index is -0.418. The lowest BCUT2D eigenvalue weighted by atomic mass is 9.82. The van der Waals surface area contributed by atoms with E-state index in [0.29, 0.717) is 5.13 Å². The molecule has 0 aromatic carbocycles. The predicted octanol–water partition coefficient (Wildman–Crippen LogP) is 2.28. The van der Waals surface area contributed by atoms with Crippen LogP contribution in [0.5, 0.6) is 0 Å². The largest absolute Gasteiger partial charge is 0.381 e. The third-order valence-corrected chi connectivity index (χ3v) is 3.95. The molecule has 0 bridgehead atoms. The van der Waals surface area contributed by atoms with Gasteiger partial charge in [-0.2, -0.15) is 0 Å². The first-order valence-electron chi connectivity index (χ1n) is 5.51. The van der Waals surface area contributed by atoms with Crippen LogP contribution >= 0.6 is 11.3 Å². The van der Waals surface area contributed by atoms with E-state index in [4.69, 9.17) is 4.74 Å². The standard InChI is InChI=1S/C10H15N3O3S/c1-10(2-4-16-5-3-10)7-12-9-11-6-8(17-9)13(14)15/h6H,2-5,7H2,1H3,(H,11,12). The highest BCUT2D eigenvalue weighted by Gasteiger charge is 2.27. The molecule has 0 amide bonds. The zero-order chi connectivity index (χ0) is 12.3. The van der Waals surface area contributed by atoms with Crippen molar-refractivity contribution in [2.45, 2.75) is 19.8 Å². The Morgan fingerprint density at radius 3 is 2.94 bits per heavy atom. The molecule has 1 aromatic rings. The summed E-state index contributed by atoms with van der Waals surface area (Å²) < 4.78 is 5.32. The SMILES string of the molecule is CC1(CNc2ncc([N+](=O)[O-])s2)CCOCC1. The van der Waals surface area contributed by atoms with Gasteiger partial charge in [0.2, 0.25) is 0 Å². The number of nitrogens with one attached hydrogen (secondary N) is 1. The minimum Gasteiger partial charge on any atom is -0.381 e. The number of thiazole rings is 1. The number of aromatic nitrogens is 1. The summed E-state index contributed by atoms with van der Waals surface area (Å²) >= 11 is 1.08. The van der Waals surface area contributed by atoms with E-state index in [2.05, 4.69) is 17.2 Å². The number of hydrogen-bond acceptors (Lipinski definition) is 6. The number of nitrogens with zero attached hydrogens (tertiary/aromatic N) is 2. The van der Waals surface area contributed by atoms with E-state index >= 15 is 0 Å². The highest BCUT2D eigenvalue weighted by atomic mass is 32.1. The van der Waals surface area contributed by atoms with E-state index in [1.165, 1.54) is 6.20 Å². The average molecular weight is 257 g/mol. The molecule has 1 aromatic heterocycles. The van der Waals surface area contributed by atoms with Crippen LogP contribution in [0.4, 0.5) is 10.1 Å². The van der Waals surface area contributed by atoms with Crippen molar-refractivity contribution in [1.82, 2.24) is 4.98 Å². The fraction of sp³-hybridized carbons (Fsp3) is 0.700. The molecule has 1 N–H and O–H groups in total. The molecule has 6 nitrogen and oxygen atoms in total. The fourth-order valence-corrected chi connectivity index (χ4v) is 2.39. The Kier molecular flexibility index (Phi) is 3.58. The monoisotopic (exact) mass is 257 g/mol. The van der Waals surface area contributed by atoms with E-state index in [9.17, 15) is 10.1 Å². The summed E-state index contributed by atoms with van der Waals surface area (Å²) in [6.45, 7) is 4.55. The van der Waals surface area contributed by atoms with Crippen molar-refractivity contribution in [3.63, 3.8) is 0 Å². The van der Waals surface area contributed by atoms with Crippen LogP contribution in [0.15, 0.2) is 6.20 Å². The highest BCUT2D eigenvalue weighted by Crippen LogP contribution is 2.31. The summed E-state index contributed by atoms with van der Waals surface area (Å²) in [5, 5.41) is 14.4. The van der Waals surface area contributed by atoms with Gasteiger partial charge < -0.3 is 10.1 Å². The van der Waals surface area contributed by atoms with Gasteiger partial charge in [-0.05, 0) is 29.6 Å². The van der Waals surface area contributed by atoms with Gasteiger partial charge in [-0.3, -0.25) is 10.1 Å². The van der Waals surface area contributed by atoms with Gasteiger partial charge >= 0.3 is 5.00 Å². The molecule has 0 saturated carbocycles. The van der Waals surface area contributed by atoms with Gasteiger partial charge in [-0.15, -0.1) is 0 Å². The minimum absolute atomic E-state index is 0.0737. The molecular weight excluding hydrogens is 242 g/mol. The molecule has 1 fully saturated rings. The zero-order valence-electron chi connectivity index (χ0n) is 9.64. The van der Waals surface area contributed by atoms with Crippen LogP contribution in [0.1, 0.15) is 19.8 Å². The summed E-state index contributed by atoms with van der Waals surface area (Å²) in [5.41, 5.74) is 0.193. The molecule has 1 aliphatic rings. The second kappa shape index (κ2) is 4.97. The van der Waals surface area contributed by atoms with Gasteiger partial charge in [0.1, 0.15) is 6.20 Å². The second-order valence-electron chi connectivity index (χ2n) is 4.54. The molecular formula is C10H15N3O3S. The molecule has 0 unspecified atom stereocenters. The van der Waals surface area contributed by atoms with Crippen molar-refractivity contribution in [3.8, 4) is 0 Å². The Hall–Kier alpha value is -1.21. The molecule has 1 saturated heterocycles. The highest BCUT2D eigenvalue weighted by molar-refractivity contribution is 7.18. The van der Waals surface area contributed by atoms with E-state index < -0.39 is 4.92 Å². The third kappa shape index (κ3) is 3.13. The molecule has 0 aliphatic carbocycles. The van der Waals surface area contributed by atoms with Crippen molar-refractivity contribution >= 4 is 21.5 Å². The second-order valence-corrected chi connectivity index (χ2v) is 5.55. The first-order chi connectivity index (χ1) is 8.09. The molecule has 1 aliphatic heterocycles. The van der Waals surface area contributed by atoms with Crippen LogP contribution < -0.4 is 5.32 Å². The van der Waals surface area contributed by atoms with E-state index in [1.54, 1.807) is 0 Å². The van der Waals surface area contributed by atoms with Crippen LogP contribution in [0.2, 0.25) is 0 Å². The maximum atomic E-state index is 10.5. The summed E-state index contributed by atoms with van der Waals surface area (Å²) in [7, 11) is 0. The Balaban J connectivity index is 1.90.